The van der Waals surface area contributed by atoms with Crippen LogP contribution in [0.15, 0.2) is 29.0 Å². The zero-order chi connectivity index (χ0) is 12.8. The predicted octanol–water partition coefficient (Wildman–Crippen LogP) is 3.63. The standard InChI is InChI=1S/C14H16BrN3/c1-14(2)4-6-18(9-14)12-3-5-16-11-7-10(15)8-17-13(11)12/h3,5,7-8H,4,6,9H2,1-2H3. The highest BCUT2D eigenvalue weighted by atomic mass is 79.9. The van der Waals surface area contributed by atoms with Gasteiger partial charge in [-0.15, -0.1) is 0 Å². The van der Waals surface area contributed by atoms with Crippen molar-refractivity contribution in [2.45, 2.75) is 20.3 Å². The minimum Gasteiger partial charge on any atom is -0.369 e. The number of halogens is 1. The quantitative estimate of drug-likeness (QED) is 0.805. The average molecular weight is 306 g/mol. The van der Waals surface area contributed by atoms with Crippen LogP contribution in [0.25, 0.3) is 11.0 Å². The van der Waals surface area contributed by atoms with Gasteiger partial charge in [0, 0.05) is 30.0 Å². The number of anilines is 1. The number of hydrogen-bond acceptors (Lipinski definition) is 3. The van der Waals surface area contributed by atoms with Crippen molar-refractivity contribution in [2.24, 2.45) is 5.41 Å². The first-order valence-corrected chi connectivity index (χ1v) is 7.00. The molecule has 0 radical (unpaired) electrons. The first-order chi connectivity index (χ1) is 8.55. The van der Waals surface area contributed by atoms with Gasteiger partial charge in [0.25, 0.3) is 0 Å². The van der Waals surface area contributed by atoms with Gasteiger partial charge in [-0.25, -0.2) is 0 Å². The van der Waals surface area contributed by atoms with E-state index in [0.29, 0.717) is 5.41 Å². The lowest BCUT2D eigenvalue weighted by atomic mass is 9.93. The molecule has 2 aromatic rings. The van der Waals surface area contributed by atoms with Crippen molar-refractivity contribution in [1.29, 1.82) is 0 Å². The number of hydrogen-bond donors (Lipinski definition) is 0. The molecule has 0 amide bonds. The minimum absolute atomic E-state index is 0.394. The van der Waals surface area contributed by atoms with Crippen molar-refractivity contribution < 1.29 is 0 Å². The fourth-order valence-electron chi connectivity index (χ4n) is 2.56. The molecule has 0 atom stereocenters. The minimum atomic E-state index is 0.394. The molecule has 1 aliphatic rings. The summed E-state index contributed by atoms with van der Waals surface area (Å²) in [4.78, 5) is 11.3. The van der Waals surface area contributed by atoms with Gasteiger partial charge >= 0.3 is 0 Å². The Balaban J connectivity index is 2.07. The van der Waals surface area contributed by atoms with Crippen LogP contribution >= 0.6 is 15.9 Å². The molecule has 94 valence electrons. The van der Waals surface area contributed by atoms with Crippen LogP contribution in [0, 0.1) is 5.41 Å². The van der Waals surface area contributed by atoms with E-state index in [0.717, 1.165) is 28.6 Å². The van der Waals surface area contributed by atoms with E-state index in [2.05, 4.69) is 50.7 Å². The summed E-state index contributed by atoms with van der Waals surface area (Å²) < 4.78 is 0.974. The summed E-state index contributed by atoms with van der Waals surface area (Å²) >= 11 is 3.44. The summed E-state index contributed by atoms with van der Waals surface area (Å²) in [7, 11) is 0. The Morgan fingerprint density at radius 2 is 2.17 bits per heavy atom. The lowest BCUT2D eigenvalue weighted by Gasteiger charge is -2.22. The Kier molecular flexibility index (Phi) is 2.77. The van der Waals surface area contributed by atoms with Gasteiger partial charge in [0.2, 0.25) is 0 Å². The van der Waals surface area contributed by atoms with Crippen molar-refractivity contribution >= 4 is 32.7 Å². The number of pyridine rings is 2. The van der Waals surface area contributed by atoms with Crippen molar-refractivity contribution in [1.82, 2.24) is 9.97 Å². The molecule has 3 heterocycles. The molecule has 1 fully saturated rings. The average Bonchev–Trinajstić information content (AvgIpc) is 2.68. The smallest absolute Gasteiger partial charge is 0.112 e. The SMILES string of the molecule is CC1(C)CCN(c2ccnc3cc(Br)cnc23)C1. The number of nitrogens with zero attached hydrogens (tertiary/aromatic N) is 3. The largest absolute Gasteiger partial charge is 0.369 e. The third-order valence-electron chi connectivity index (χ3n) is 3.54. The second-order valence-electron chi connectivity index (χ2n) is 5.69. The maximum atomic E-state index is 4.52. The van der Waals surface area contributed by atoms with Crippen LogP contribution in [0.4, 0.5) is 5.69 Å². The van der Waals surface area contributed by atoms with Gasteiger partial charge < -0.3 is 4.90 Å². The van der Waals surface area contributed by atoms with Gasteiger partial charge in [-0.1, -0.05) is 13.8 Å². The monoisotopic (exact) mass is 305 g/mol. The van der Waals surface area contributed by atoms with Gasteiger partial charge in [0.15, 0.2) is 0 Å². The highest BCUT2D eigenvalue weighted by Crippen LogP contribution is 2.35. The number of fused-ring (bicyclic) bond motifs is 1. The van der Waals surface area contributed by atoms with Crippen LogP contribution in [0.2, 0.25) is 0 Å². The van der Waals surface area contributed by atoms with Gasteiger partial charge in [-0.3, -0.25) is 9.97 Å². The molecule has 0 aromatic carbocycles. The summed E-state index contributed by atoms with van der Waals surface area (Å²) in [6.07, 6.45) is 4.94. The van der Waals surface area contributed by atoms with E-state index in [1.54, 1.807) is 0 Å². The maximum Gasteiger partial charge on any atom is 0.112 e. The van der Waals surface area contributed by atoms with E-state index in [9.17, 15) is 0 Å². The molecule has 1 saturated heterocycles. The number of rotatable bonds is 1. The van der Waals surface area contributed by atoms with Gasteiger partial charge in [-0.05, 0) is 39.9 Å². The van der Waals surface area contributed by atoms with Crippen LogP contribution in [0.5, 0.6) is 0 Å². The van der Waals surface area contributed by atoms with Crippen LogP contribution in [0.3, 0.4) is 0 Å². The van der Waals surface area contributed by atoms with Crippen molar-refractivity contribution in [3.8, 4) is 0 Å². The second-order valence-corrected chi connectivity index (χ2v) is 6.60. The van der Waals surface area contributed by atoms with E-state index in [-0.39, 0.29) is 0 Å². The molecule has 1 aliphatic heterocycles. The molecular formula is C14H16BrN3. The fourth-order valence-corrected chi connectivity index (χ4v) is 2.88. The zero-order valence-corrected chi connectivity index (χ0v) is 12.2. The molecule has 0 bridgehead atoms. The molecule has 3 nitrogen and oxygen atoms in total. The highest BCUT2D eigenvalue weighted by molar-refractivity contribution is 9.10. The van der Waals surface area contributed by atoms with E-state index < -0.39 is 0 Å². The lowest BCUT2D eigenvalue weighted by Crippen LogP contribution is -2.23. The van der Waals surface area contributed by atoms with Crippen LogP contribution in [-0.4, -0.2) is 23.1 Å². The third-order valence-corrected chi connectivity index (χ3v) is 3.97. The van der Waals surface area contributed by atoms with Crippen molar-refractivity contribution in [2.75, 3.05) is 18.0 Å². The third kappa shape index (κ3) is 2.09. The Bertz CT molecular complexity index is 595. The van der Waals surface area contributed by atoms with Crippen LogP contribution in [-0.2, 0) is 0 Å². The fraction of sp³-hybridized carbons (Fsp3) is 0.429. The summed E-state index contributed by atoms with van der Waals surface area (Å²) in [6, 6.07) is 4.09. The number of aromatic nitrogens is 2. The van der Waals surface area contributed by atoms with Crippen LogP contribution in [0.1, 0.15) is 20.3 Å². The lowest BCUT2D eigenvalue weighted by molar-refractivity contribution is 0.418. The molecule has 0 N–H and O–H groups in total. The van der Waals surface area contributed by atoms with E-state index >= 15 is 0 Å². The first-order valence-electron chi connectivity index (χ1n) is 6.20. The molecular weight excluding hydrogens is 290 g/mol. The van der Waals surface area contributed by atoms with E-state index in [4.69, 9.17) is 0 Å². The zero-order valence-electron chi connectivity index (χ0n) is 10.7. The van der Waals surface area contributed by atoms with Gasteiger partial charge in [0.1, 0.15) is 5.52 Å². The topological polar surface area (TPSA) is 29.0 Å². The predicted molar refractivity (Wildman–Crippen MR) is 77.8 cm³/mol. The summed E-state index contributed by atoms with van der Waals surface area (Å²) in [6.45, 7) is 6.83. The Labute approximate surface area is 115 Å². The molecule has 4 heteroatoms. The van der Waals surface area contributed by atoms with Gasteiger partial charge in [-0.2, -0.15) is 0 Å². The molecule has 0 spiro atoms. The summed E-state index contributed by atoms with van der Waals surface area (Å²) in [5, 5.41) is 0. The van der Waals surface area contributed by atoms with Crippen LogP contribution < -0.4 is 4.90 Å². The van der Waals surface area contributed by atoms with Gasteiger partial charge in [0.05, 0.1) is 11.2 Å². The molecule has 18 heavy (non-hydrogen) atoms. The molecule has 2 aromatic heterocycles. The first kappa shape index (κ1) is 11.9. The van der Waals surface area contributed by atoms with Crippen molar-refractivity contribution in [3.05, 3.63) is 29.0 Å². The highest BCUT2D eigenvalue weighted by Gasteiger charge is 2.30. The Morgan fingerprint density at radius 1 is 1.33 bits per heavy atom. The molecule has 3 rings (SSSR count). The van der Waals surface area contributed by atoms with E-state index in [1.807, 2.05) is 18.5 Å². The molecule has 0 saturated carbocycles. The van der Waals surface area contributed by atoms with Crippen molar-refractivity contribution in [3.63, 3.8) is 0 Å². The maximum absolute atomic E-state index is 4.52. The summed E-state index contributed by atoms with van der Waals surface area (Å²) in [5.41, 5.74) is 3.55. The summed E-state index contributed by atoms with van der Waals surface area (Å²) in [5.74, 6) is 0. The molecule has 0 aliphatic carbocycles. The normalized spacial score (nSPS) is 18.5. The van der Waals surface area contributed by atoms with E-state index in [1.165, 1.54) is 12.1 Å². The second kappa shape index (κ2) is 4.19. The molecule has 0 unspecified atom stereocenters. The Morgan fingerprint density at radius 3 is 2.89 bits per heavy atom. The Hall–Kier alpha value is -1.16.